The summed E-state index contributed by atoms with van der Waals surface area (Å²) in [6, 6.07) is 3.30. The second-order valence-electron chi connectivity index (χ2n) is 4.22. The maximum absolute atomic E-state index is 10.8. The van der Waals surface area contributed by atoms with Gasteiger partial charge in [0, 0.05) is 11.6 Å². The maximum atomic E-state index is 10.8. The highest BCUT2D eigenvalue weighted by Gasteiger charge is 2.13. The van der Waals surface area contributed by atoms with Crippen LogP contribution in [0.5, 0.6) is 5.75 Å². The Bertz CT molecular complexity index is 419. The van der Waals surface area contributed by atoms with E-state index in [-0.39, 0.29) is 10.6 Å². The van der Waals surface area contributed by atoms with Gasteiger partial charge in [0.25, 0.3) is 5.69 Å². The number of rotatable bonds is 7. The van der Waals surface area contributed by atoms with Gasteiger partial charge < -0.3 is 10.1 Å². The number of nitro benzene ring substituents is 1. The predicted octanol–water partition coefficient (Wildman–Crippen LogP) is 2.59. The molecule has 1 N–H and O–H groups in total. The van der Waals surface area contributed by atoms with Crippen molar-refractivity contribution in [1.82, 2.24) is 5.32 Å². The first-order chi connectivity index (χ1) is 8.56. The van der Waals surface area contributed by atoms with Crippen LogP contribution in [0.1, 0.15) is 24.5 Å². The first kappa shape index (κ1) is 14.4. The molecule has 0 amide bonds. The standard InChI is InChI=1S/C13H20N2O3/c1-4-14-6-5-7-18-13-9-10(2)12(15(16)17)8-11(13)3/h8-9,14H,4-7H2,1-3H3. The molecule has 0 aliphatic carbocycles. The lowest BCUT2D eigenvalue weighted by Gasteiger charge is -2.10. The van der Waals surface area contributed by atoms with Crippen LogP contribution in [-0.4, -0.2) is 24.6 Å². The average molecular weight is 252 g/mol. The summed E-state index contributed by atoms with van der Waals surface area (Å²) in [5, 5.41) is 14.0. The van der Waals surface area contributed by atoms with E-state index in [9.17, 15) is 10.1 Å². The van der Waals surface area contributed by atoms with Crippen LogP contribution in [0.3, 0.4) is 0 Å². The Hall–Kier alpha value is -1.62. The van der Waals surface area contributed by atoms with Crippen LogP contribution < -0.4 is 10.1 Å². The molecule has 0 aliphatic heterocycles. The summed E-state index contributed by atoms with van der Waals surface area (Å²) in [5.41, 5.74) is 1.58. The van der Waals surface area contributed by atoms with Crippen LogP contribution in [0.25, 0.3) is 0 Å². The summed E-state index contributed by atoms with van der Waals surface area (Å²) in [4.78, 5) is 10.4. The maximum Gasteiger partial charge on any atom is 0.272 e. The molecule has 0 spiro atoms. The largest absolute Gasteiger partial charge is 0.493 e. The minimum absolute atomic E-state index is 0.146. The van der Waals surface area contributed by atoms with Gasteiger partial charge in [0.2, 0.25) is 0 Å². The third-order valence-corrected chi connectivity index (χ3v) is 2.70. The second-order valence-corrected chi connectivity index (χ2v) is 4.22. The van der Waals surface area contributed by atoms with Crippen LogP contribution in [0, 0.1) is 24.0 Å². The number of nitrogens with one attached hydrogen (secondary N) is 1. The molecular formula is C13H20N2O3. The summed E-state index contributed by atoms with van der Waals surface area (Å²) in [7, 11) is 0. The van der Waals surface area contributed by atoms with Crippen LogP contribution in [-0.2, 0) is 0 Å². The molecule has 0 aliphatic rings. The van der Waals surface area contributed by atoms with Gasteiger partial charge in [-0.15, -0.1) is 0 Å². The van der Waals surface area contributed by atoms with E-state index < -0.39 is 0 Å². The zero-order chi connectivity index (χ0) is 13.5. The lowest BCUT2D eigenvalue weighted by Crippen LogP contribution is -2.16. The Morgan fingerprint density at radius 3 is 2.67 bits per heavy atom. The lowest BCUT2D eigenvalue weighted by molar-refractivity contribution is -0.385. The quantitative estimate of drug-likeness (QED) is 0.460. The zero-order valence-electron chi connectivity index (χ0n) is 11.2. The summed E-state index contributed by atoms with van der Waals surface area (Å²) >= 11 is 0. The molecular weight excluding hydrogens is 232 g/mol. The van der Waals surface area contributed by atoms with Crippen molar-refractivity contribution in [2.75, 3.05) is 19.7 Å². The topological polar surface area (TPSA) is 64.4 Å². The molecule has 0 saturated heterocycles. The van der Waals surface area contributed by atoms with E-state index in [1.165, 1.54) is 0 Å². The van der Waals surface area contributed by atoms with Gasteiger partial charge in [-0.1, -0.05) is 6.92 Å². The Kier molecular flexibility index (Phi) is 5.58. The van der Waals surface area contributed by atoms with Crippen molar-refractivity contribution in [2.24, 2.45) is 0 Å². The Balaban J connectivity index is 2.62. The molecule has 5 heteroatoms. The molecule has 0 bridgehead atoms. The van der Waals surface area contributed by atoms with Crippen molar-refractivity contribution in [3.8, 4) is 5.75 Å². The van der Waals surface area contributed by atoms with E-state index >= 15 is 0 Å². The number of ether oxygens (including phenoxy) is 1. The number of nitrogens with zero attached hydrogens (tertiary/aromatic N) is 1. The van der Waals surface area contributed by atoms with Crippen molar-refractivity contribution in [2.45, 2.75) is 27.2 Å². The van der Waals surface area contributed by atoms with Crippen LogP contribution in [0.15, 0.2) is 12.1 Å². The first-order valence-electron chi connectivity index (χ1n) is 6.15. The highest BCUT2D eigenvalue weighted by Crippen LogP contribution is 2.27. The number of hydrogen-bond donors (Lipinski definition) is 1. The number of nitro groups is 1. The molecule has 0 radical (unpaired) electrons. The Labute approximate surface area is 107 Å². The molecule has 5 nitrogen and oxygen atoms in total. The molecule has 1 aromatic carbocycles. The van der Waals surface area contributed by atoms with E-state index in [1.807, 2.05) is 6.92 Å². The van der Waals surface area contributed by atoms with Gasteiger partial charge in [0.1, 0.15) is 5.75 Å². The molecule has 0 unspecified atom stereocenters. The van der Waals surface area contributed by atoms with Gasteiger partial charge in [0.05, 0.1) is 11.5 Å². The SMILES string of the molecule is CCNCCCOc1cc(C)c([N+](=O)[O-])cc1C. The third kappa shape index (κ3) is 4.00. The van der Waals surface area contributed by atoms with E-state index in [2.05, 4.69) is 12.2 Å². The van der Waals surface area contributed by atoms with Crippen LogP contribution in [0.4, 0.5) is 5.69 Å². The van der Waals surface area contributed by atoms with Gasteiger partial charge in [-0.05, 0) is 45.0 Å². The second kappa shape index (κ2) is 6.96. The molecule has 0 heterocycles. The first-order valence-corrected chi connectivity index (χ1v) is 6.15. The van der Waals surface area contributed by atoms with Crippen LogP contribution >= 0.6 is 0 Å². The fraction of sp³-hybridized carbons (Fsp3) is 0.538. The third-order valence-electron chi connectivity index (χ3n) is 2.70. The van der Waals surface area contributed by atoms with Gasteiger partial charge in [0.15, 0.2) is 0 Å². The monoisotopic (exact) mass is 252 g/mol. The number of hydrogen-bond acceptors (Lipinski definition) is 4. The molecule has 0 aromatic heterocycles. The summed E-state index contributed by atoms with van der Waals surface area (Å²) in [6.07, 6.45) is 0.920. The molecule has 0 saturated carbocycles. The molecule has 0 atom stereocenters. The average Bonchev–Trinajstić information content (AvgIpc) is 2.32. The van der Waals surface area contributed by atoms with E-state index in [1.54, 1.807) is 19.1 Å². The molecule has 0 fully saturated rings. The van der Waals surface area contributed by atoms with E-state index in [0.29, 0.717) is 12.2 Å². The van der Waals surface area contributed by atoms with Gasteiger partial charge >= 0.3 is 0 Å². The van der Waals surface area contributed by atoms with Crippen molar-refractivity contribution in [3.63, 3.8) is 0 Å². The van der Waals surface area contributed by atoms with Gasteiger partial charge in [-0.2, -0.15) is 0 Å². The van der Waals surface area contributed by atoms with Gasteiger partial charge in [-0.3, -0.25) is 10.1 Å². The van der Waals surface area contributed by atoms with E-state index in [4.69, 9.17) is 4.74 Å². The smallest absolute Gasteiger partial charge is 0.272 e. The number of benzene rings is 1. The Morgan fingerprint density at radius 2 is 2.06 bits per heavy atom. The highest BCUT2D eigenvalue weighted by molar-refractivity contribution is 5.49. The molecule has 1 aromatic rings. The highest BCUT2D eigenvalue weighted by atomic mass is 16.6. The molecule has 100 valence electrons. The van der Waals surface area contributed by atoms with Gasteiger partial charge in [-0.25, -0.2) is 0 Å². The van der Waals surface area contributed by atoms with E-state index in [0.717, 1.165) is 30.8 Å². The minimum Gasteiger partial charge on any atom is -0.493 e. The Morgan fingerprint density at radius 1 is 1.33 bits per heavy atom. The summed E-state index contributed by atoms with van der Waals surface area (Å²) in [5.74, 6) is 0.731. The normalized spacial score (nSPS) is 10.4. The van der Waals surface area contributed by atoms with Crippen molar-refractivity contribution >= 4 is 5.69 Å². The fourth-order valence-electron chi connectivity index (χ4n) is 1.68. The molecule has 1 rings (SSSR count). The van der Waals surface area contributed by atoms with Crippen molar-refractivity contribution in [3.05, 3.63) is 33.4 Å². The summed E-state index contributed by atoms with van der Waals surface area (Å²) in [6.45, 7) is 8.10. The fourth-order valence-corrected chi connectivity index (χ4v) is 1.68. The van der Waals surface area contributed by atoms with Crippen LogP contribution in [0.2, 0.25) is 0 Å². The lowest BCUT2D eigenvalue weighted by atomic mass is 10.1. The minimum atomic E-state index is -0.364. The zero-order valence-corrected chi connectivity index (χ0v) is 11.2. The predicted molar refractivity (Wildman–Crippen MR) is 71.2 cm³/mol. The molecule has 18 heavy (non-hydrogen) atoms. The number of aryl methyl sites for hydroxylation is 2. The van der Waals surface area contributed by atoms with Crippen molar-refractivity contribution in [1.29, 1.82) is 0 Å². The van der Waals surface area contributed by atoms with Crippen molar-refractivity contribution < 1.29 is 9.66 Å². The summed E-state index contributed by atoms with van der Waals surface area (Å²) < 4.78 is 5.64.